The van der Waals surface area contributed by atoms with Gasteiger partial charge in [0.25, 0.3) is 0 Å². The molecule has 0 bridgehead atoms. The minimum atomic E-state index is 0.285. The molecule has 0 aliphatic heterocycles. The molecule has 3 nitrogen and oxygen atoms in total. The Kier molecular flexibility index (Phi) is 8.40. The highest BCUT2D eigenvalue weighted by Crippen LogP contribution is 2.05. The zero-order valence-electron chi connectivity index (χ0n) is 9.14. The van der Waals surface area contributed by atoms with E-state index in [0.717, 1.165) is 12.8 Å². The van der Waals surface area contributed by atoms with Gasteiger partial charge in [-0.1, -0.05) is 6.42 Å². The van der Waals surface area contributed by atoms with Crippen LogP contribution in [0.2, 0.25) is 0 Å². The quantitative estimate of drug-likeness (QED) is 0.526. The van der Waals surface area contributed by atoms with Crippen LogP contribution in [0.4, 0.5) is 0 Å². The van der Waals surface area contributed by atoms with Crippen molar-refractivity contribution in [3.8, 4) is 0 Å². The first kappa shape index (κ1) is 12.9. The number of aliphatic hydroxyl groups is 1. The SMILES string of the molecule is CNC(C)CCCC(CCO)NC. The van der Waals surface area contributed by atoms with Gasteiger partial charge in [-0.05, 0) is 40.3 Å². The van der Waals surface area contributed by atoms with E-state index in [0.29, 0.717) is 12.1 Å². The molecular formula is C10H24N2O. The molecule has 0 fully saturated rings. The summed E-state index contributed by atoms with van der Waals surface area (Å²) in [5.74, 6) is 0. The van der Waals surface area contributed by atoms with Gasteiger partial charge in [-0.15, -0.1) is 0 Å². The largest absolute Gasteiger partial charge is 0.396 e. The van der Waals surface area contributed by atoms with Crippen LogP contribution in [-0.2, 0) is 0 Å². The summed E-state index contributed by atoms with van der Waals surface area (Å²) in [6.45, 7) is 2.48. The first-order valence-electron chi connectivity index (χ1n) is 5.20. The van der Waals surface area contributed by atoms with Gasteiger partial charge in [0.15, 0.2) is 0 Å². The van der Waals surface area contributed by atoms with Gasteiger partial charge >= 0.3 is 0 Å². The highest BCUT2D eigenvalue weighted by atomic mass is 16.3. The molecule has 0 aliphatic carbocycles. The van der Waals surface area contributed by atoms with Crippen molar-refractivity contribution >= 4 is 0 Å². The Morgan fingerprint density at radius 2 is 1.77 bits per heavy atom. The summed E-state index contributed by atoms with van der Waals surface area (Å²) >= 11 is 0. The maximum Gasteiger partial charge on any atom is 0.0445 e. The lowest BCUT2D eigenvalue weighted by atomic mass is 10.0. The van der Waals surface area contributed by atoms with Gasteiger partial charge in [0.2, 0.25) is 0 Å². The van der Waals surface area contributed by atoms with E-state index in [2.05, 4.69) is 17.6 Å². The van der Waals surface area contributed by atoms with Gasteiger partial charge in [-0.2, -0.15) is 0 Å². The van der Waals surface area contributed by atoms with Gasteiger partial charge in [-0.3, -0.25) is 0 Å². The van der Waals surface area contributed by atoms with Crippen molar-refractivity contribution in [2.24, 2.45) is 0 Å². The van der Waals surface area contributed by atoms with E-state index in [9.17, 15) is 0 Å². The first-order chi connectivity index (χ1) is 6.24. The standard InChI is InChI=1S/C10H24N2O/c1-9(11-2)5-4-6-10(12-3)7-8-13/h9-13H,4-8H2,1-3H3. The monoisotopic (exact) mass is 188 g/mol. The molecule has 0 radical (unpaired) electrons. The Balaban J connectivity index is 3.37. The van der Waals surface area contributed by atoms with Gasteiger partial charge in [0, 0.05) is 18.7 Å². The Morgan fingerprint density at radius 1 is 1.08 bits per heavy atom. The van der Waals surface area contributed by atoms with Crippen molar-refractivity contribution < 1.29 is 5.11 Å². The smallest absolute Gasteiger partial charge is 0.0445 e. The van der Waals surface area contributed by atoms with E-state index in [1.165, 1.54) is 12.8 Å². The highest BCUT2D eigenvalue weighted by molar-refractivity contribution is 4.66. The molecular weight excluding hydrogens is 164 g/mol. The van der Waals surface area contributed by atoms with Crippen LogP contribution in [0.3, 0.4) is 0 Å². The van der Waals surface area contributed by atoms with E-state index in [1.807, 2.05) is 14.1 Å². The molecule has 0 saturated heterocycles. The van der Waals surface area contributed by atoms with Gasteiger partial charge in [-0.25, -0.2) is 0 Å². The van der Waals surface area contributed by atoms with Crippen molar-refractivity contribution in [3.63, 3.8) is 0 Å². The van der Waals surface area contributed by atoms with E-state index in [4.69, 9.17) is 5.11 Å². The van der Waals surface area contributed by atoms with Crippen LogP contribution in [0, 0.1) is 0 Å². The topological polar surface area (TPSA) is 44.3 Å². The maximum absolute atomic E-state index is 8.77. The molecule has 0 heterocycles. The molecule has 0 aromatic heterocycles. The normalized spacial score (nSPS) is 15.7. The predicted octanol–water partition coefficient (Wildman–Crippen LogP) is 0.735. The maximum atomic E-state index is 8.77. The minimum Gasteiger partial charge on any atom is -0.396 e. The number of hydrogen-bond acceptors (Lipinski definition) is 3. The average molecular weight is 188 g/mol. The fraction of sp³-hybridized carbons (Fsp3) is 1.00. The molecule has 0 spiro atoms. The summed E-state index contributed by atoms with van der Waals surface area (Å²) in [7, 11) is 3.95. The summed E-state index contributed by atoms with van der Waals surface area (Å²) in [5.41, 5.74) is 0. The molecule has 80 valence electrons. The van der Waals surface area contributed by atoms with Crippen LogP contribution in [0.15, 0.2) is 0 Å². The van der Waals surface area contributed by atoms with Gasteiger partial charge in [0.1, 0.15) is 0 Å². The van der Waals surface area contributed by atoms with E-state index >= 15 is 0 Å². The Labute approximate surface area is 81.9 Å². The molecule has 0 aromatic rings. The summed E-state index contributed by atoms with van der Waals surface area (Å²) in [4.78, 5) is 0. The van der Waals surface area contributed by atoms with Crippen molar-refractivity contribution in [1.29, 1.82) is 0 Å². The summed E-state index contributed by atoms with van der Waals surface area (Å²) < 4.78 is 0. The molecule has 2 unspecified atom stereocenters. The zero-order valence-corrected chi connectivity index (χ0v) is 9.14. The van der Waals surface area contributed by atoms with E-state index in [1.54, 1.807) is 0 Å². The van der Waals surface area contributed by atoms with Gasteiger partial charge < -0.3 is 15.7 Å². The molecule has 3 heteroatoms. The van der Waals surface area contributed by atoms with Crippen LogP contribution in [0.5, 0.6) is 0 Å². The molecule has 0 aromatic carbocycles. The van der Waals surface area contributed by atoms with Crippen LogP contribution >= 0.6 is 0 Å². The van der Waals surface area contributed by atoms with E-state index in [-0.39, 0.29) is 6.61 Å². The van der Waals surface area contributed by atoms with Crippen LogP contribution in [-0.4, -0.2) is 37.9 Å². The summed E-state index contributed by atoms with van der Waals surface area (Å²) in [6, 6.07) is 1.08. The Hall–Kier alpha value is -0.120. The van der Waals surface area contributed by atoms with Crippen LogP contribution in [0.1, 0.15) is 32.6 Å². The molecule has 0 amide bonds. The number of aliphatic hydroxyl groups excluding tert-OH is 1. The van der Waals surface area contributed by atoms with Crippen LogP contribution < -0.4 is 10.6 Å². The highest BCUT2D eigenvalue weighted by Gasteiger charge is 2.05. The average Bonchev–Trinajstić information content (AvgIpc) is 2.16. The molecule has 0 saturated carbocycles. The second-order valence-electron chi connectivity index (χ2n) is 3.62. The molecule has 2 atom stereocenters. The molecule has 0 rings (SSSR count). The Bertz CT molecular complexity index is 109. The predicted molar refractivity (Wildman–Crippen MR) is 56.9 cm³/mol. The molecule has 3 N–H and O–H groups in total. The molecule has 0 aliphatic rings. The second kappa shape index (κ2) is 8.48. The van der Waals surface area contributed by atoms with E-state index < -0.39 is 0 Å². The third-order valence-corrected chi connectivity index (χ3v) is 2.57. The van der Waals surface area contributed by atoms with Crippen molar-refractivity contribution in [2.75, 3.05) is 20.7 Å². The van der Waals surface area contributed by atoms with Crippen molar-refractivity contribution in [2.45, 2.75) is 44.7 Å². The third-order valence-electron chi connectivity index (χ3n) is 2.57. The number of hydrogen-bond donors (Lipinski definition) is 3. The number of rotatable bonds is 8. The fourth-order valence-corrected chi connectivity index (χ4v) is 1.40. The first-order valence-corrected chi connectivity index (χ1v) is 5.20. The van der Waals surface area contributed by atoms with Gasteiger partial charge in [0.05, 0.1) is 0 Å². The fourth-order valence-electron chi connectivity index (χ4n) is 1.40. The summed E-state index contributed by atoms with van der Waals surface area (Å²) in [6.07, 6.45) is 4.45. The lowest BCUT2D eigenvalue weighted by Gasteiger charge is -2.16. The molecule has 13 heavy (non-hydrogen) atoms. The zero-order chi connectivity index (χ0) is 10.1. The number of nitrogens with one attached hydrogen (secondary N) is 2. The second-order valence-corrected chi connectivity index (χ2v) is 3.62. The Morgan fingerprint density at radius 3 is 2.23 bits per heavy atom. The lowest BCUT2D eigenvalue weighted by molar-refractivity contribution is 0.262. The summed E-state index contributed by atoms with van der Waals surface area (Å²) in [5, 5.41) is 15.2. The minimum absolute atomic E-state index is 0.285. The third kappa shape index (κ3) is 6.99. The lowest BCUT2D eigenvalue weighted by Crippen LogP contribution is -2.27. The van der Waals surface area contributed by atoms with Crippen LogP contribution in [0.25, 0.3) is 0 Å². The van der Waals surface area contributed by atoms with Crippen molar-refractivity contribution in [3.05, 3.63) is 0 Å². The van der Waals surface area contributed by atoms with Crippen molar-refractivity contribution in [1.82, 2.24) is 10.6 Å².